The average Bonchev–Trinajstić information content (AvgIpc) is 3.24. The number of carbonyl (C=O) groups excluding carboxylic acids is 2. The SMILES string of the molecule is CC(C)(C)OC(=O)NCc1cccc(C(=O)N2CCc3cc(SCc4ccccc4)ccc32)c1. The Balaban J connectivity index is 1.40. The minimum absolute atomic E-state index is 0.0254. The maximum atomic E-state index is 13.3. The Kier molecular flexibility index (Phi) is 7.27. The molecule has 1 aliphatic rings. The summed E-state index contributed by atoms with van der Waals surface area (Å²) in [5.74, 6) is 0.898. The second-order valence-electron chi connectivity index (χ2n) is 9.33. The van der Waals surface area contributed by atoms with Crippen LogP contribution in [-0.4, -0.2) is 24.1 Å². The van der Waals surface area contributed by atoms with Crippen molar-refractivity contribution in [3.8, 4) is 0 Å². The first-order valence-corrected chi connectivity index (χ1v) is 12.4. The molecule has 0 unspecified atom stereocenters. The molecular formula is C28H30N2O3S. The van der Waals surface area contributed by atoms with Gasteiger partial charge in [0.2, 0.25) is 0 Å². The van der Waals surface area contributed by atoms with E-state index < -0.39 is 11.7 Å². The normalized spacial score (nSPS) is 12.9. The van der Waals surface area contributed by atoms with Gasteiger partial charge in [-0.1, -0.05) is 42.5 Å². The van der Waals surface area contributed by atoms with Crippen LogP contribution in [0, 0.1) is 0 Å². The Hall–Kier alpha value is -3.25. The van der Waals surface area contributed by atoms with Crippen LogP contribution in [-0.2, 0) is 23.5 Å². The highest BCUT2D eigenvalue weighted by molar-refractivity contribution is 7.98. The van der Waals surface area contributed by atoms with Crippen molar-refractivity contribution in [3.05, 3.63) is 95.1 Å². The van der Waals surface area contributed by atoms with Crippen LogP contribution in [0.1, 0.15) is 47.8 Å². The summed E-state index contributed by atoms with van der Waals surface area (Å²) in [5, 5.41) is 2.75. The van der Waals surface area contributed by atoms with Crippen LogP contribution in [0.2, 0.25) is 0 Å². The number of nitrogens with one attached hydrogen (secondary N) is 1. The highest BCUT2D eigenvalue weighted by Crippen LogP contribution is 2.34. The minimum atomic E-state index is -0.551. The van der Waals surface area contributed by atoms with Gasteiger partial charge < -0.3 is 15.0 Å². The van der Waals surface area contributed by atoms with Crippen molar-refractivity contribution in [3.63, 3.8) is 0 Å². The molecule has 0 fully saturated rings. The molecule has 2 amide bonds. The van der Waals surface area contributed by atoms with Crippen LogP contribution in [0.4, 0.5) is 10.5 Å². The topological polar surface area (TPSA) is 58.6 Å². The standard InChI is InChI=1S/C28H30N2O3S/c1-28(2,3)33-27(32)29-18-21-10-7-11-23(16-21)26(31)30-15-14-22-17-24(12-13-25(22)30)34-19-20-8-5-4-6-9-20/h4-13,16-17H,14-15,18-19H2,1-3H3,(H,29,32). The number of carbonyl (C=O) groups is 2. The highest BCUT2D eigenvalue weighted by Gasteiger charge is 2.26. The zero-order valence-electron chi connectivity index (χ0n) is 19.8. The Bertz CT molecular complexity index is 1170. The zero-order valence-corrected chi connectivity index (χ0v) is 20.7. The monoisotopic (exact) mass is 474 g/mol. The molecule has 3 aromatic rings. The number of anilines is 1. The summed E-state index contributed by atoms with van der Waals surface area (Å²) in [7, 11) is 0. The van der Waals surface area contributed by atoms with E-state index in [1.807, 2.05) is 67.8 Å². The van der Waals surface area contributed by atoms with E-state index in [0.717, 1.165) is 23.4 Å². The quantitative estimate of drug-likeness (QED) is 0.432. The Morgan fingerprint density at radius 3 is 2.50 bits per heavy atom. The molecule has 5 nitrogen and oxygen atoms in total. The van der Waals surface area contributed by atoms with Crippen LogP contribution in [0.25, 0.3) is 0 Å². The average molecular weight is 475 g/mol. The number of ether oxygens (including phenoxy) is 1. The summed E-state index contributed by atoms with van der Waals surface area (Å²) >= 11 is 1.81. The van der Waals surface area contributed by atoms with Gasteiger partial charge in [-0.25, -0.2) is 4.79 Å². The third kappa shape index (κ3) is 6.20. The molecule has 6 heteroatoms. The first kappa shape index (κ1) is 23.9. The number of rotatable bonds is 6. The number of nitrogens with zero attached hydrogens (tertiary/aromatic N) is 1. The number of hydrogen-bond acceptors (Lipinski definition) is 4. The summed E-state index contributed by atoms with van der Waals surface area (Å²) in [6.07, 6.45) is 0.374. The summed E-state index contributed by atoms with van der Waals surface area (Å²) in [4.78, 5) is 28.3. The maximum Gasteiger partial charge on any atom is 0.407 e. The van der Waals surface area contributed by atoms with Gasteiger partial charge in [0.15, 0.2) is 0 Å². The second kappa shape index (κ2) is 10.3. The van der Waals surface area contributed by atoms with Crippen molar-refractivity contribution >= 4 is 29.4 Å². The molecule has 0 saturated carbocycles. The number of alkyl carbamates (subject to hydrolysis) is 1. The van der Waals surface area contributed by atoms with E-state index in [9.17, 15) is 9.59 Å². The van der Waals surface area contributed by atoms with Crippen LogP contribution >= 0.6 is 11.8 Å². The molecule has 0 saturated heterocycles. The summed E-state index contributed by atoms with van der Waals surface area (Å²) in [6.45, 7) is 6.44. The molecule has 0 radical (unpaired) electrons. The Morgan fingerprint density at radius 2 is 1.74 bits per heavy atom. The number of amides is 2. The van der Waals surface area contributed by atoms with Crippen molar-refractivity contribution in [2.75, 3.05) is 11.4 Å². The van der Waals surface area contributed by atoms with Gasteiger partial charge in [-0.3, -0.25) is 4.79 Å². The molecule has 0 spiro atoms. The summed E-state index contributed by atoms with van der Waals surface area (Å²) in [5.41, 5.74) is 4.39. The van der Waals surface area contributed by atoms with E-state index >= 15 is 0 Å². The molecular weight excluding hydrogens is 444 g/mol. The van der Waals surface area contributed by atoms with Crippen molar-refractivity contribution in [1.82, 2.24) is 5.32 Å². The van der Waals surface area contributed by atoms with Gasteiger partial charge in [-0.05, 0) is 74.2 Å². The van der Waals surface area contributed by atoms with E-state index in [4.69, 9.17) is 4.74 Å². The fourth-order valence-electron chi connectivity index (χ4n) is 3.88. The van der Waals surface area contributed by atoms with Gasteiger partial charge in [0.25, 0.3) is 5.91 Å². The van der Waals surface area contributed by atoms with E-state index in [-0.39, 0.29) is 5.91 Å². The van der Waals surface area contributed by atoms with Crippen molar-refractivity contribution < 1.29 is 14.3 Å². The van der Waals surface area contributed by atoms with Crippen LogP contribution in [0.3, 0.4) is 0 Å². The van der Waals surface area contributed by atoms with Crippen molar-refractivity contribution in [2.45, 2.75) is 50.0 Å². The Morgan fingerprint density at radius 1 is 0.971 bits per heavy atom. The van der Waals surface area contributed by atoms with Gasteiger partial charge in [0, 0.05) is 35.0 Å². The molecule has 1 heterocycles. The third-order valence-electron chi connectivity index (χ3n) is 5.45. The lowest BCUT2D eigenvalue weighted by atomic mass is 10.1. The lowest BCUT2D eigenvalue weighted by Gasteiger charge is -2.20. The fraction of sp³-hybridized carbons (Fsp3) is 0.286. The van der Waals surface area contributed by atoms with E-state index in [1.165, 1.54) is 16.0 Å². The van der Waals surface area contributed by atoms with E-state index in [2.05, 4.69) is 47.8 Å². The Labute approximate surface area is 205 Å². The number of fused-ring (bicyclic) bond motifs is 1. The molecule has 34 heavy (non-hydrogen) atoms. The predicted octanol–water partition coefficient (Wildman–Crippen LogP) is 6.21. The molecule has 0 aliphatic carbocycles. The first-order chi connectivity index (χ1) is 16.3. The molecule has 1 aliphatic heterocycles. The predicted molar refractivity (Wildman–Crippen MR) is 137 cm³/mol. The van der Waals surface area contributed by atoms with Crippen LogP contribution in [0.5, 0.6) is 0 Å². The smallest absolute Gasteiger partial charge is 0.407 e. The van der Waals surface area contributed by atoms with Gasteiger partial charge >= 0.3 is 6.09 Å². The molecule has 0 bridgehead atoms. The maximum absolute atomic E-state index is 13.3. The zero-order chi connectivity index (χ0) is 24.1. The number of thioether (sulfide) groups is 1. The minimum Gasteiger partial charge on any atom is -0.444 e. The van der Waals surface area contributed by atoms with E-state index in [0.29, 0.717) is 18.7 Å². The summed E-state index contributed by atoms with van der Waals surface area (Å²) in [6, 6.07) is 24.2. The molecule has 1 N–H and O–H groups in total. The third-order valence-corrected chi connectivity index (χ3v) is 6.51. The molecule has 176 valence electrons. The van der Waals surface area contributed by atoms with Crippen LogP contribution < -0.4 is 10.2 Å². The van der Waals surface area contributed by atoms with Crippen LogP contribution in [0.15, 0.2) is 77.7 Å². The largest absolute Gasteiger partial charge is 0.444 e. The molecule has 3 aromatic carbocycles. The first-order valence-electron chi connectivity index (χ1n) is 11.5. The molecule has 0 aromatic heterocycles. The lowest BCUT2D eigenvalue weighted by molar-refractivity contribution is 0.0523. The van der Waals surface area contributed by atoms with Crippen molar-refractivity contribution in [1.29, 1.82) is 0 Å². The summed E-state index contributed by atoms with van der Waals surface area (Å²) < 4.78 is 5.28. The van der Waals surface area contributed by atoms with E-state index in [1.54, 1.807) is 0 Å². The van der Waals surface area contributed by atoms with Gasteiger partial charge in [-0.2, -0.15) is 0 Å². The van der Waals surface area contributed by atoms with Gasteiger partial charge in [-0.15, -0.1) is 11.8 Å². The van der Waals surface area contributed by atoms with Gasteiger partial charge in [0.1, 0.15) is 5.60 Å². The van der Waals surface area contributed by atoms with Crippen molar-refractivity contribution in [2.24, 2.45) is 0 Å². The van der Waals surface area contributed by atoms with Gasteiger partial charge in [0.05, 0.1) is 0 Å². The molecule has 4 rings (SSSR count). The molecule has 0 atom stereocenters. The second-order valence-corrected chi connectivity index (χ2v) is 10.4. The number of benzene rings is 3. The number of hydrogen-bond donors (Lipinski definition) is 1. The fourth-order valence-corrected chi connectivity index (χ4v) is 4.79. The lowest BCUT2D eigenvalue weighted by Crippen LogP contribution is -2.32. The highest BCUT2D eigenvalue weighted by atomic mass is 32.2.